The van der Waals surface area contributed by atoms with Crippen LogP contribution >= 0.6 is 0 Å². The van der Waals surface area contributed by atoms with Gasteiger partial charge in [0.2, 0.25) is 0 Å². The molecule has 0 N–H and O–H groups in total. The van der Waals surface area contributed by atoms with E-state index in [4.69, 9.17) is 28.1 Å². The Morgan fingerprint density at radius 1 is 0.757 bits per heavy atom. The first-order chi connectivity index (χ1) is 17.3. The van der Waals surface area contributed by atoms with Crippen LogP contribution < -0.4 is 10.4 Å². The Labute approximate surface area is 220 Å². The Balaban J connectivity index is 1.48. The third-order valence-electron chi connectivity index (χ3n) is 7.36. The van der Waals surface area contributed by atoms with Gasteiger partial charge in [0, 0.05) is 0 Å². The van der Waals surface area contributed by atoms with E-state index >= 15 is 0 Å². The van der Waals surface area contributed by atoms with Gasteiger partial charge in [0.15, 0.2) is 23.8 Å². The fraction of sp³-hybridized carbons (Fsp3) is 0.552. The fourth-order valence-electron chi connectivity index (χ4n) is 5.97. The van der Waals surface area contributed by atoms with Crippen LogP contribution in [0.4, 0.5) is 0 Å². The molecular weight excluding hydrogens is 488 g/mol. The normalized spacial score (nSPS) is 30.8. The minimum atomic E-state index is -2.79. The van der Waals surface area contributed by atoms with Crippen molar-refractivity contribution in [3.05, 3.63) is 60.7 Å². The van der Waals surface area contributed by atoms with E-state index in [-0.39, 0.29) is 11.6 Å². The van der Waals surface area contributed by atoms with E-state index < -0.39 is 56.4 Å². The van der Waals surface area contributed by atoms with Gasteiger partial charge in [-0.05, 0) is 43.1 Å². The van der Waals surface area contributed by atoms with Crippen LogP contribution in [0.2, 0.25) is 5.04 Å². The molecule has 0 unspecified atom stereocenters. The maximum Gasteiger partial charge on any atom is 0.338 e. The third-order valence-corrected chi connectivity index (χ3v) is 12.4. The van der Waals surface area contributed by atoms with Crippen LogP contribution in [-0.2, 0) is 32.9 Å². The van der Waals surface area contributed by atoms with Crippen molar-refractivity contribution in [2.75, 3.05) is 6.61 Å². The molecule has 0 bridgehead atoms. The Kier molecular flexibility index (Phi) is 6.66. The molecule has 5 rings (SSSR count). The van der Waals surface area contributed by atoms with Crippen LogP contribution in [0, 0.1) is 0 Å². The monoisotopic (exact) mass is 526 g/mol. The molecule has 3 aliphatic heterocycles. The number of hydrogen-bond acceptors (Lipinski definition) is 7. The van der Waals surface area contributed by atoms with Gasteiger partial charge < -0.3 is 28.1 Å². The Bertz CT molecular complexity index is 1070. The van der Waals surface area contributed by atoms with Gasteiger partial charge in [0.1, 0.15) is 18.3 Å². The maximum absolute atomic E-state index is 12.6. The summed E-state index contributed by atoms with van der Waals surface area (Å²) < 4.78 is 37.5. The number of esters is 1. The number of fused-ring (bicyclic) bond motifs is 1. The van der Waals surface area contributed by atoms with E-state index in [1.54, 1.807) is 13.8 Å². The molecule has 37 heavy (non-hydrogen) atoms. The van der Waals surface area contributed by atoms with Crippen molar-refractivity contribution in [2.24, 2.45) is 0 Å². The first-order valence-electron chi connectivity index (χ1n) is 13.0. The maximum atomic E-state index is 12.6. The summed E-state index contributed by atoms with van der Waals surface area (Å²) in [6.45, 7) is 14.3. The van der Waals surface area contributed by atoms with Gasteiger partial charge >= 0.3 is 5.97 Å². The van der Waals surface area contributed by atoms with Crippen LogP contribution in [0.15, 0.2) is 60.7 Å². The second-order valence-corrected chi connectivity index (χ2v) is 16.3. The van der Waals surface area contributed by atoms with Gasteiger partial charge in [-0.15, -0.1) is 0 Å². The quantitative estimate of drug-likeness (QED) is 0.421. The first-order valence-corrected chi connectivity index (χ1v) is 14.9. The molecule has 0 saturated carbocycles. The van der Waals surface area contributed by atoms with E-state index in [1.807, 2.05) is 26.0 Å². The topological polar surface area (TPSA) is 72.5 Å². The number of carbonyl (C=O) groups excluding carboxylic acids is 1. The number of carbonyl (C=O) groups is 1. The largest absolute Gasteiger partial charge is 0.455 e. The molecule has 2 aromatic carbocycles. The molecular formula is C29H38O7Si. The van der Waals surface area contributed by atoms with Crippen molar-refractivity contribution >= 4 is 24.7 Å². The lowest BCUT2D eigenvalue weighted by molar-refractivity contribution is -0.201. The Morgan fingerprint density at radius 2 is 1.27 bits per heavy atom. The lowest BCUT2D eigenvalue weighted by Gasteiger charge is -2.43. The zero-order valence-electron chi connectivity index (χ0n) is 22.7. The number of ether oxygens (including phenoxy) is 5. The summed E-state index contributed by atoms with van der Waals surface area (Å²) in [5.74, 6) is -2.17. The predicted molar refractivity (Wildman–Crippen MR) is 141 cm³/mol. The van der Waals surface area contributed by atoms with E-state index in [0.29, 0.717) is 0 Å². The standard InChI is InChI=1S/C29H38O7Si/c1-27(2,3)37(19-14-10-8-11-15-19,20-16-12-9-13-17-20)31-18-21-22(34-28(4,5)33-21)23-24-25(26(30)32-23)36-29(6,7)35-24/h8-17,21-25H,18H2,1-7H3/t21-,22-,23+,24+,25+/m1/s1. The van der Waals surface area contributed by atoms with Crippen molar-refractivity contribution in [1.82, 2.24) is 0 Å². The van der Waals surface area contributed by atoms with Crippen molar-refractivity contribution in [3.8, 4) is 0 Å². The molecule has 0 aliphatic carbocycles. The highest BCUT2D eigenvalue weighted by molar-refractivity contribution is 6.99. The molecule has 200 valence electrons. The number of benzene rings is 2. The van der Waals surface area contributed by atoms with Gasteiger partial charge in [-0.2, -0.15) is 0 Å². The molecule has 0 radical (unpaired) electrons. The third kappa shape index (κ3) is 4.79. The van der Waals surface area contributed by atoms with Crippen molar-refractivity contribution < 1.29 is 32.9 Å². The number of rotatable bonds is 6. The smallest absolute Gasteiger partial charge is 0.338 e. The van der Waals surface area contributed by atoms with E-state index in [1.165, 1.54) is 10.4 Å². The second kappa shape index (κ2) is 9.29. The van der Waals surface area contributed by atoms with Crippen LogP contribution in [0.25, 0.3) is 0 Å². The molecule has 7 nitrogen and oxygen atoms in total. The first kappa shape index (κ1) is 26.5. The van der Waals surface area contributed by atoms with Crippen molar-refractivity contribution in [3.63, 3.8) is 0 Å². The van der Waals surface area contributed by atoms with Gasteiger partial charge in [-0.3, -0.25) is 0 Å². The highest BCUT2D eigenvalue weighted by Crippen LogP contribution is 2.43. The molecule has 5 atom stereocenters. The highest BCUT2D eigenvalue weighted by atomic mass is 28.4. The number of cyclic esters (lactones) is 1. The summed E-state index contributed by atoms with van der Waals surface area (Å²) in [6, 6.07) is 20.9. The highest BCUT2D eigenvalue weighted by Gasteiger charge is 2.62. The van der Waals surface area contributed by atoms with Gasteiger partial charge in [0.05, 0.1) is 6.61 Å². The Hall–Kier alpha value is -2.07. The minimum Gasteiger partial charge on any atom is -0.455 e. The fourth-order valence-corrected chi connectivity index (χ4v) is 10.5. The molecule has 3 saturated heterocycles. The van der Waals surface area contributed by atoms with Crippen molar-refractivity contribution in [1.29, 1.82) is 0 Å². The van der Waals surface area contributed by atoms with Crippen LogP contribution in [0.1, 0.15) is 48.5 Å². The predicted octanol–water partition coefficient (Wildman–Crippen LogP) is 3.53. The van der Waals surface area contributed by atoms with E-state index in [0.717, 1.165) is 0 Å². The lowest BCUT2D eigenvalue weighted by atomic mass is 10.0. The molecule has 0 aromatic heterocycles. The molecule has 2 aromatic rings. The molecule has 0 spiro atoms. The summed E-state index contributed by atoms with van der Waals surface area (Å²) in [4.78, 5) is 12.6. The summed E-state index contributed by atoms with van der Waals surface area (Å²) in [6.07, 6.45) is -3.04. The minimum absolute atomic E-state index is 0.183. The number of hydrogen-bond donors (Lipinski definition) is 0. The summed E-state index contributed by atoms with van der Waals surface area (Å²) in [5.41, 5.74) is 0. The van der Waals surface area contributed by atoms with Gasteiger partial charge in [-0.1, -0.05) is 81.4 Å². The summed E-state index contributed by atoms with van der Waals surface area (Å²) in [5, 5.41) is 2.19. The van der Waals surface area contributed by atoms with Crippen molar-refractivity contribution in [2.45, 2.75) is 95.6 Å². The van der Waals surface area contributed by atoms with Crippen LogP contribution in [0.5, 0.6) is 0 Å². The Morgan fingerprint density at radius 3 is 1.81 bits per heavy atom. The molecule has 8 heteroatoms. The summed E-state index contributed by atoms with van der Waals surface area (Å²) in [7, 11) is -2.79. The lowest BCUT2D eigenvalue weighted by Crippen LogP contribution is -2.67. The van der Waals surface area contributed by atoms with E-state index in [2.05, 4.69) is 69.3 Å². The molecule has 0 amide bonds. The second-order valence-electron chi connectivity index (χ2n) is 12.0. The zero-order valence-corrected chi connectivity index (χ0v) is 23.7. The zero-order chi connectivity index (χ0) is 26.6. The van der Waals surface area contributed by atoms with Gasteiger partial charge in [0.25, 0.3) is 8.32 Å². The van der Waals surface area contributed by atoms with Crippen LogP contribution in [-0.4, -0.2) is 63.0 Å². The SMILES string of the molecule is CC1(C)O[C@H]2[C@H]([C@@H]3OC(C)(C)O[C@@H]3CO[Si](c3ccccc3)(c3ccccc3)C(C)(C)C)OC(=O)[C@H]2O1. The van der Waals surface area contributed by atoms with Gasteiger partial charge in [-0.25, -0.2) is 4.79 Å². The van der Waals surface area contributed by atoms with E-state index in [9.17, 15) is 4.79 Å². The average molecular weight is 527 g/mol. The average Bonchev–Trinajstić information content (AvgIpc) is 3.42. The van der Waals surface area contributed by atoms with Crippen LogP contribution in [0.3, 0.4) is 0 Å². The summed E-state index contributed by atoms with van der Waals surface area (Å²) >= 11 is 0. The molecule has 3 aliphatic rings. The molecule has 3 fully saturated rings. The molecule has 3 heterocycles.